The fourth-order valence-corrected chi connectivity index (χ4v) is 0.425. The van der Waals surface area contributed by atoms with E-state index < -0.39 is 0 Å². The van der Waals surface area contributed by atoms with E-state index in [-0.39, 0.29) is 0 Å². The molecule has 0 rings (SSSR count). The van der Waals surface area contributed by atoms with Crippen molar-refractivity contribution in [3.63, 3.8) is 0 Å². The van der Waals surface area contributed by atoms with Crippen LogP contribution in [-0.2, 0) is 0 Å². The van der Waals surface area contributed by atoms with E-state index in [1.165, 1.54) is 0 Å². The molecular formula is C7H11N2+. The Balaban J connectivity index is 3.08. The van der Waals surface area contributed by atoms with Crippen molar-refractivity contribution in [3.8, 4) is 6.07 Å². The predicted molar refractivity (Wildman–Crippen MR) is 40.8 cm³/mol. The number of unbranched alkanes of at least 4 members (excludes halogenated alkanes) is 2. The molecule has 0 radical (unpaired) electrons. The van der Waals surface area contributed by atoms with Gasteiger partial charge in [-0.15, -0.1) is 6.58 Å². The first-order valence-electron chi connectivity index (χ1n) is 2.91. The Morgan fingerprint density at radius 1 is 1.67 bits per heavy atom. The minimum atomic E-state index is 0.838. The van der Waals surface area contributed by atoms with E-state index >= 15 is 0 Å². The van der Waals surface area contributed by atoms with Crippen LogP contribution in [0.4, 0.5) is 0 Å². The number of allylic oxidation sites excluding steroid dienone is 1. The third-order valence-electron chi connectivity index (χ3n) is 0.838. The number of hydrogen-bond donors (Lipinski definition) is 0. The van der Waals surface area contributed by atoms with Crippen LogP contribution < -0.4 is 0 Å². The van der Waals surface area contributed by atoms with Gasteiger partial charge in [0.2, 0.25) is 0 Å². The van der Waals surface area contributed by atoms with Crippen molar-refractivity contribution in [2.75, 3.05) is 0 Å². The van der Waals surface area contributed by atoms with Crippen LogP contribution in [0.5, 0.6) is 0 Å². The number of hydrogen-bond acceptors (Lipinski definition) is 1. The highest BCUT2D eigenvalue weighted by Crippen LogP contribution is 1.93. The first kappa shape index (κ1) is 7.90. The summed E-state index contributed by atoms with van der Waals surface area (Å²) in [6.45, 7) is 6.76. The number of rotatable bonds is 3. The molecule has 0 N–H and O–H groups in total. The van der Waals surface area contributed by atoms with Gasteiger partial charge < -0.3 is 0 Å². The van der Waals surface area contributed by atoms with Gasteiger partial charge in [0.25, 0.3) is 0 Å². The van der Waals surface area contributed by atoms with Gasteiger partial charge >= 0.3 is 6.07 Å². The molecule has 0 saturated heterocycles. The highest BCUT2D eigenvalue weighted by Gasteiger charge is 1.84. The van der Waals surface area contributed by atoms with Gasteiger partial charge in [-0.1, -0.05) is 6.08 Å². The molecule has 48 valence electrons. The average molecular weight is 123 g/mol. The smallest absolute Gasteiger partial charge is 0.103 e. The molecule has 0 aromatic heterocycles. The lowest BCUT2D eigenvalue weighted by molar-refractivity contribution is 0.885. The zero-order chi connectivity index (χ0) is 6.95. The quantitative estimate of drug-likeness (QED) is 0.237. The van der Waals surface area contributed by atoms with E-state index in [4.69, 9.17) is 0 Å². The van der Waals surface area contributed by atoms with E-state index in [1.807, 2.05) is 6.08 Å². The molecule has 9 heavy (non-hydrogen) atoms. The molecule has 0 heterocycles. The van der Waals surface area contributed by atoms with Gasteiger partial charge in [-0.3, -0.25) is 0 Å². The Hall–Kier alpha value is -1.10. The average Bonchev–Trinajstić information content (AvgIpc) is 1.89. The van der Waals surface area contributed by atoms with E-state index in [2.05, 4.69) is 29.4 Å². The topological polar surface area (TPSA) is 16.7 Å². The van der Waals surface area contributed by atoms with Gasteiger partial charge in [0.05, 0.1) is 13.1 Å². The minimum absolute atomic E-state index is 0.838. The summed E-state index contributed by atoms with van der Waals surface area (Å²) in [5.41, 5.74) is 0. The van der Waals surface area contributed by atoms with Gasteiger partial charge in [-0.25, -0.2) is 0 Å². The predicted octanol–water partition coefficient (Wildman–Crippen LogP) is 2.29. The normalized spacial score (nSPS) is 7.11. The third-order valence-corrected chi connectivity index (χ3v) is 0.838. The molecule has 0 aliphatic carbocycles. The molecule has 0 aliphatic rings. The lowest BCUT2D eigenvalue weighted by Gasteiger charge is -1.77. The summed E-state index contributed by atoms with van der Waals surface area (Å²) in [6, 6.07) is 2.72. The molecule has 0 saturated carbocycles. The van der Waals surface area contributed by atoms with Crippen molar-refractivity contribution in [2.24, 2.45) is 5.10 Å². The van der Waals surface area contributed by atoms with Gasteiger partial charge in [0, 0.05) is 0 Å². The second-order valence-electron chi connectivity index (χ2n) is 1.58. The lowest BCUT2D eigenvalue weighted by Crippen LogP contribution is -1.65. The van der Waals surface area contributed by atoms with Crippen LogP contribution in [0.3, 0.4) is 0 Å². The Morgan fingerprint density at radius 3 is 3.00 bits per heavy atom. The van der Waals surface area contributed by atoms with Crippen molar-refractivity contribution in [1.29, 1.82) is 0 Å². The Morgan fingerprint density at radius 2 is 2.44 bits per heavy atom. The molecule has 0 aromatic carbocycles. The van der Waals surface area contributed by atoms with Crippen LogP contribution in [-0.4, -0.2) is 6.72 Å². The summed E-state index contributed by atoms with van der Waals surface area (Å²) < 4.78 is 0. The van der Waals surface area contributed by atoms with Crippen LogP contribution in [0.1, 0.15) is 19.3 Å². The maximum Gasteiger partial charge on any atom is 0.322 e. The highest BCUT2D eigenvalue weighted by atomic mass is 15.1. The summed E-state index contributed by atoms with van der Waals surface area (Å²) in [4.78, 5) is 3.47. The fraction of sp³-hybridized carbons (Fsp3) is 0.429. The fourth-order valence-electron chi connectivity index (χ4n) is 0.425. The monoisotopic (exact) mass is 123 g/mol. The SMILES string of the molecule is C=CCCCC#[N+]N=C. The van der Waals surface area contributed by atoms with E-state index in [1.54, 1.807) is 0 Å². The maximum absolute atomic E-state index is 3.58. The molecule has 0 fully saturated rings. The first-order valence-corrected chi connectivity index (χ1v) is 2.91. The van der Waals surface area contributed by atoms with E-state index in [0.717, 1.165) is 19.3 Å². The Kier molecular flexibility index (Phi) is 6.06. The summed E-state index contributed by atoms with van der Waals surface area (Å²) in [6.07, 6.45) is 4.77. The van der Waals surface area contributed by atoms with Crippen LogP contribution in [0.25, 0.3) is 4.95 Å². The molecule has 0 bridgehead atoms. The van der Waals surface area contributed by atoms with Gasteiger partial charge in [0.1, 0.15) is 10.1 Å². The standard InChI is InChI=1S/C7H11N2/c1-3-4-5-6-7-9-8-2/h3H,1-2,4-6H2/q+1. The molecule has 0 aromatic rings. The summed E-state index contributed by atoms with van der Waals surface area (Å²) in [7, 11) is 0. The van der Waals surface area contributed by atoms with Crippen molar-refractivity contribution < 1.29 is 0 Å². The minimum Gasteiger partial charge on any atom is -0.103 e. The Bertz CT molecular complexity index is 139. The lowest BCUT2D eigenvalue weighted by atomic mass is 10.2. The van der Waals surface area contributed by atoms with E-state index in [9.17, 15) is 0 Å². The van der Waals surface area contributed by atoms with Gasteiger partial charge in [-0.05, 0) is 12.8 Å². The van der Waals surface area contributed by atoms with Crippen molar-refractivity contribution in [3.05, 3.63) is 17.6 Å². The Labute approximate surface area is 55.7 Å². The molecule has 2 heteroatoms. The zero-order valence-corrected chi connectivity index (χ0v) is 5.51. The zero-order valence-electron chi connectivity index (χ0n) is 5.51. The summed E-state index contributed by atoms with van der Waals surface area (Å²) in [5, 5.41) is 3.27. The molecular weight excluding hydrogens is 112 g/mol. The first-order chi connectivity index (χ1) is 4.41. The number of nitrogens with zero attached hydrogens (tertiary/aromatic N) is 2. The second kappa shape index (κ2) is 6.90. The van der Waals surface area contributed by atoms with Crippen molar-refractivity contribution in [2.45, 2.75) is 19.3 Å². The van der Waals surface area contributed by atoms with Crippen LogP contribution in [0.15, 0.2) is 17.8 Å². The summed E-state index contributed by atoms with van der Waals surface area (Å²) in [5.74, 6) is 0. The van der Waals surface area contributed by atoms with Crippen molar-refractivity contribution in [1.82, 2.24) is 0 Å². The maximum atomic E-state index is 3.58. The molecule has 0 aliphatic heterocycles. The molecule has 0 unspecified atom stereocenters. The third kappa shape index (κ3) is 6.90. The van der Waals surface area contributed by atoms with Crippen molar-refractivity contribution >= 4 is 6.72 Å². The largest absolute Gasteiger partial charge is 0.322 e. The van der Waals surface area contributed by atoms with E-state index in [0.29, 0.717) is 0 Å². The molecule has 2 nitrogen and oxygen atoms in total. The van der Waals surface area contributed by atoms with Crippen LogP contribution in [0.2, 0.25) is 0 Å². The molecule has 0 spiro atoms. The van der Waals surface area contributed by atoms with Crippen LogP contribution in [0, 0.1) is 6.07 Å². The highest BCUT2D eigenvalue weighted by molar-refractivity contribution is 5.24. The summed E-state index contributed by atoms with van der Waals surface area (Å²) >= 11 is 0. The van der Waals surface area contributed by atoms with Gasteiger partial charge in [0.15, 0.2) is 0 Å². The molecule has 0 atom stereocenters. The second-order valence-corrected chi connectivity index (χ2v) is 1.58. The van der Waals surface area contributed by atoms with Gasteiger partial charge in [-0.2, -0.15) is 0 Å². The molecule has 0 amide bonds. The van der Waals surface area contributed by atoms with Crippen LogP contribution >= 0.6 is 0 Å².